The normalized spacial score (nSPS) is 17.4. The van der Waals surface area contributed by atoms with Crippen LogP contribution in [0.1, 0.15) is 50.2 Å². The first kappa shape index (κ1) is 22.8. The van der Waals surface area contributed by atoms with Crippen molar-refractivity contribution in [2.24, 2.45) is 5.41 Å². The molecule has 0 saturated carbocycles. The van der Waals surface area contributed by atoms with Crippen LogP contribution in [0, 0.1) is 5.41 Å². The number of nitrogens with one attached hydrogen (secondary N) is 1. The van der Waals surface area contributed by atoms with Crippen LogP contribution in [-0.2, 0) is 14.3 Å². The number of nitrogens with zero attached hydrogens (tertiary/aromatic N) is 1. The summed E-state index contributed by atoms with van der Waals surface area (Å²) in [6, 6.07) is 15.6. The maximum absolute atomic E-state index is 12.9. The molecule has 2 amide bonds. The standard InChI is InChI=1S/C26H30N2O5/c1-26(2,24(31)28-15-7-12-22(28)23(29)30)13-14-27-25(32)33-16-21-19-10-5-3-8-17(19)18-9-4-6-11-20(18)21/h3-6,8-11,21-22H,7,12-16H2,1-2H3,(H,27,32)(H,29,30). The van der Waals surface area contributed by atoms with Crippen LogP contribution in [-0.4, -0.2) is 53.7 Å². The number of amides is 2. The second-order valence-electron chi connectivity index (χ2n) is 9.38. The molecule has 0 radical (unpaired) electrons. The van der Waals surface area contributed by atoms with Crippen LogP contribution in [0.2, 0.25) is 0 Å². The van der Waals surface area contributed by atoms with E-state index < -0.39 is 23.5 Å². The van der Waals surface area contributed by atoms with Crippen molar-refractivity contribution >= 4 is 18.0 Å². The average molecular weight is 451 g/mol. The van der Waals surface area contributed by atoms with E-state index in [0.29, 0.717) is 25.8 Å². The van der Waals surface area contributed by atoms with Gasteiger partial charge in [0.05, 0.1) is 0 Å². The number of ether oxygens (including phenoxy) is 1. The van der Waals surface area contributed by atoms with Crippen molar-refractivity contribution < 1.29 is 24.2 Å². The van der Waals surface area contributed by atoms with Crippen LogP contribution in [0.15, 0.2) is 48.5 Å². The number of carbonyl (C=O) groups is 3. The molecule has 0 bridgehead atoms. The lowest BCUT2D eigenvalue weighted by atomic mass is 9.87. The van der Waals surface area contributed by atoms with Gasteiger partial charge in [-0.15, -0.1) is 0 Å². The largest absolute Gasteiger partial charge is 0.480 e. The molecule has 2 aromatic rings. The minimum atomic E-state index is -0.964. The van der Waals surface area contributed by atoms with Gasteiger partial charge in [0, 0.05) is 24.4 Å². The van der Waals surface area contributed by atoms with E-state index in [9.17, 15) is 19.5 Å². The molecule has 1 atom stereocenters. The number of carboxylic acid groups (broad SMARTS) is 1. The SMILES string of the molecule is CC(C)(CCNC(=O)OCC1c2ccccc2-c2ccccc21)C(=O)N1CCCC1C(=O)O. The lowest BCUT2D eigenvalue weighted by Gasteiger charge is -2.31. The van der Waals surface area contributed by atoms with Gasteiger partial charge < -0.3 is 20.1 Å². The first-order valence-electron chi connectivity index (χ1n) is 11.4. The maximum Gasteiger partial charge on any atom is 0.407 e. The third kappa shape index (κ3) is 4.58. The topological polar surface area (TPSA) is 95.9 Å². The fourth-order valence-electron chi connectivity index (χ4n) is 4.89. The Morgan fingerprint density at radius 2 is 1.67 bits per heavy atom. The van der Waals surface area contributed by atoms with E-state index >= 15 is 0 Å². The van der Waals surface area contributed by atoms with Crippen LogP contribution in [0.25, 0.3) is 11.1 Å². The predicted octanol–water partition coefficient (Wildman–Crippen LogP) is 4.02. The average Bonchev–Trinajstić information content (AvgIpc) is 3.40. The lowest BCUT2D eigenvalue weighted by molar-refractivity contribution is -0.152. The molecule has 174 valence electrons. The number of fused-ring (bicyclic) bond motifs is 3. The molecule has 1 aliphatic carbocycles. The fourth-order valence-corrected chi connectivity index (χ4v) is 4.89. The van der Waals surface area contributed by atoms with Gasteiger partial charge in [0.15, 0.2) is 0 Å². The highest BCUT2D eigenvalue weighted by Gasteiger charge is 2.40. The van der Waals surface area contributed by atoms with E-state index in [1.54, 1.807) is 13.8 Å². The number of alkyl carbamates (subject to hydrolysis) is 1. The summed E-state index contributed by atoms with van der Waals surface area (Å²) in [6.45, 7) is 4.52. The Kier molecular flexibility index (Phi) is 6.40. The van der Waals surface area contributed by atoms with Crippen LogP contribution in [0.3, 0.4) is 0 Å². The summed E-state index contributed by atoms with van der Waals surface area (Å²) in [5.41, 5.74) is 3.86. The lowest BCUT2D eigenvalue weighted by Crippen LogP contribution is -2.47. The highest BCUT2D eigenvalue weighted by atomic mass is 16.5. The Morgan fingerprint density at radius 1 is 1.06 bits per heavy atom. The van der Waals surface area contributed by atoms with E-state index in [1.807, 2.05) is 24.3 Å². The van der Waals surface area contributed by atoms with Gasteiger partial charge in [0.25, 0.3) is 0 Å². The highest BCUT2D eigenvalue weighted by Crippen LogP contribution is 2.44. The molecule has 0 aromatic heterocycles. The third-order valence-electron chi connectivity index (χ3n) is 6.74. The van der Waals surface area contributed by atoms with E-state index in [-0.39, 0.29) is 25.0 Å². The van der Waals surface area contributed by atoms with Crippen molar-refractivity contribution in [2.75, 3.05) is 19.7 Å². The minimum absolute atomic E-state index is 0.00992. The van der Waals surface area contributed by atoms with Gasteiger partial charge in [0.2, 0.25) is 5.91 Å². The quantitative estimate of drug-likeness (QED) is 0.664. The van der Waals surface area contributed by atoms with Crippen molar-refractivity contribution in [1.29, 1.82) is 0 Å². The van der Waals surface area contributed by atoms with Gasteiger partial charge in [-0.2, -0.15) is 0 Å². The zero-order valence-corrected chi connectivity index (χ0v) is 19.0. The van der Waals surface area contributed by atoms with Gasteiger partial charge in [-0.1, -0.05) is 62.4 Å². The molecule has 7 nitrogen and oxygen atoms in total. The Labute approximate surface area is 193 Å². The molecule has 1 fully saturated rings. The molecule has 1 saturated heterocycles. The second kappa shape index (κ2) is 9.25. The highest BCUT2D eigenvalue weighted by molar-refractivity contribution is 5.87. The molecule has 2 N–H and O–H groups in total. The van der Waals surface area contributed by atoms with Crippen molar-refractivity contribution in [3.8, 4) is 11.1 Å². The number of aliphatic carboxylic acids is 1. The summed E-state index contributed by atoms with van der Waals surface area (Å²) >= 11 is 0. The Bertz CT molecular complexity index is 1020. The molecule has 1 unspecified atom stereocenters. The molecule has 0 spiro atoms. The van der Waals surface area contributed by atoms with Crippen molar-refractivity contribution in [3.63, 3.8) is 0 Å². The van der Waals surface area contributed by atoms with Crippen LogP contribution >= 0.6 is 0 Å². The Morgan fingerprint density at radius 3 is 2.27 bits per heavy atom. The summed E-state index contributed by atoms with van der Waals surface area (Å²) in [5.74, 6) is -1.17. The molecule has 2 aliphatic rings. The first-order valence-corrected chi connectivity index (χ1v) is 11.4. The summed E-state index contributed by atoms with van der Waals surface area (Å²) in [4.78, 5) is 38.1. The number of carbonyl (C=O) groups excluding carboxylic acids is 2. The molecule has 2 aromatic carbocycles. The smallest absolute Gasteiger partial charge is 0.407 e. The van der Waals surface area contributed by atoms with Gasteiger partial charge >= 0.3 is 12.1 Å². The molecular weight excluding hydrogens is 420 g/mol. The van der Waals surface area contributed by atoms with E-state index in [2.05, 4.69) is 29.6 Å². The van der Waals surface area contributed by atoms with Gasteiger partial charge in [-0.3, -0.25) is 4.79 Å². The Balaban J connectivity index is 1.30. The van der Waals surface area contributed by atoms with Gasteiger partial charge in [0.1, 0.15) is 12.6 Å². The molecule has 7 heteroatoms. The van der Waals surface area contributed by atoms with Crippen molar-refractivity contribution in [2.45, 2.75) is 45.1 Å². The molecule has 1 heterocycles. The number of hydrogen-bond acceptors (Lipinski definition) is 4. The third-order valence-corrected chi connectivity index (χ3v) is 6.74. The number of rotatable bonds is 7. The van der Waals surface area contributed by atoms with E-state index in [1.165, 1.54) is 16.0 Å². The number of benzene rings is 2. The molecular formula is C26H30N2O5. The van der Waals surface area contributed by atoms with Crippen LogP contribution < -0.4 is 5.32 Å². The monoisotopic (exact) mass is 450 g/mol. The van der Waals surface area contributed by atoms with Gasteiger partial charge in [-0.25, -0.2) is 9.59 Å². The predicted molar refractivity (Wildman–Crippen MR) is 124 cm³/mol. The number of carboxylic acids is 1. The second-order valence-corrected chi connectivity index (χ2v) is 9.38. The maximum atomic E-state index is 12.9. The van der Waals surface area contributed by atoms with Crippen LogP contribution in [0.4, 0.5) is 4.79 Å². The van der Waals surface area contributed by atoms with Crippen LogP contribution in [0.5, 0.6) is 0 Å². The van der Waals surface area contributed by atoms with E-state index in [0.717, 1.165) is 11.1 Å². The minimum Gasteiger partial charge on any atom is -0.480 e. The zero-order chi connectivity index (χ0) is 23.6. The Hall–Kier alpha value is -3.35. The molecule has 1 aliphatic heterocycles. The molecule has 4 rings (SSSR count). The summed E-state index contributed by atoms with van der Waals surface area (Å²) in [7, 11) is 0. The zero-order valence-electron chi connectivity index (χ0n) is 19.0. The summed E-state index contributed by atoms with van der Waals surface area (Å²) < 4.78 is 5.54. The fraction of sp³-hybridized carbons (Fsp3) is 0.423. The van der Waals surface area contributed by atoms with E-state index in [4.69, 9.17) is 4.74 Å². The summed E-state index contributed by atoms with van der Waals surface area (Å²) in [5, 5.41) is 12.1. The number of hydrogen-bond donors (Lipinski definition) is 2. The molecule has 33 heavy (non-hydrogen) atoms. The van der Waals surface area contributed by atoms with Crippen molar-refractivity contribution in [3.05, 3.63) is 59.7 Å². The number of likely N-dealkylation sites (tertiary alicyclic amines) is 1. The van der Waals surface area contributed by atoms with Crippen molar-refractivity contribution in [1.82, 2.24) is 10.2 Å². The first-order chi connectivity index (χ1) is 15.8. The summed E-state index contributed by atoms with van der Waals surface area (Å²) in [6.07, 6.45) is 1.04. The van der Waals surface area contributed by atoms with Gasteiger partial charge in [-0.05, 0) is 41.5 Å².